The van der Waals surface area contributed by atoms with Gasteiger partial charge in [-0.3, -0.25) is 0 Å². The van der Waals surface area contributed by atoms with Gasteiger partial charge in [0.15, 0.2) is 6.19 Å². The van der Waals surface area contributed by atoms with Gasteiger partial charge in [0.1, 0.15) is 0 Å². The monoisotopic (exact) mass is 154 g/mol. The van der Waals surface area contributed by atoms with E-state index in [1.807, 2.05) is 6.19 Å². The van der Waals surface area contributed by atoms with E-state index in [-0.39, 0.29) is 0 Å². The minimum Gasteiger partial charge on any atom is -0.378 e. The molecule has 3 heteroatoms. The lowest BCUT2D eigenvalue weighted by Crippen LogP contribution is -2.23. The maximum Gasteiger partial charge on any atom is 0.176 e. The van der Waals surface area contributed by atoms with Gasteiger partial charge in [-0.25, -0.2) is 0 Å². The van der Waals surface area contributed by atoms with Crippen molar-refractivity contribution in [3.05, 3.63) is 0 Å². The fourth-order valence-electron chi connectivity index (χ4n) is 1.32. The first-order valence-corrected chi connectivity index (χ1v) is 4.17. The number of hydrogen-bond donors (Lipinski definition) is 1. The van der Waals surface area contributed by atoms with Crippen molar-refractivity contribution in [2.75, 3.05) is 13.2 Å². The molecule has 1 aliphatic rings. The van der Waals surface area contributed by atoms with Crippen LogP contribution in [0.2, 0.25) is 0 Å². The van der Waals surface area contributed by atoms with Gasteiger partial charge >= 0.3 is 0 Å². The van der Waals surface area contributed by atoms with Crippen LogP contribution < -0.4 is 5.32 Å². The first-order chi connectivity index (χ1) is 5.43. The zero-order valence-corrected chi connectivity index (χ0v) is 6.68. The lowest BCUT2D eigenvalue weighted by Gasteiger charge is -2.21. The van der Waals surface area contributed by atoms with Crippen LogP contribution in [0, 0.1) is 11.5 Å². The Balaban J connectivity index is 2.01. The highest BCUT2D eigenvalue weighted by molar-refractivity contribution is 4.69. The minimum atomic E-state index is 0.393. The highest BCUT2D eigenvalue weighted by Gasteiger charge is 2.12. The largest absolute Gasteiger partial charge is 0.378 e. The van der Waals surface area contributed by atoms with Gasteiger partial charge in [0.25, 0.3) is 0 Å². The lowest BCUT2D eigenvalue weighted by atomic mass is 10.1. The van der Waals surface area contributed by atoms with E-state index in [1.165, 1.54) is 12.8 Å². The summed E-state index contributed by atoms with van der Waals surface area (Å²) in [6, 6.07) is 0. The highest BCUT2D eigenvalue weighted by Crippen LogP contribution is 2.14. The van der Waals surface area contributed by atoms with Crippen LogP contribution >= 0.6 is 0 Å². The second-order valence-electron chi connectivity index (χ2n) is 2.82. The average molecular weight is 154 g/mol. The van der Waals surface area contributed by atoms with E-state index >= 15 is 0 Å². The Labute approximate surface area is 67.3 Å². The van der Waals surface area contributed by atoms with Gasteiger partial charge in [-0.1, -0.05) is 0 Å². The number of hydrogen-bond acceptors (Lipinski definition) is 3. The summed E-state index contributed by atoms with van der Waals surface area (Å²) in [5.41, 5.74) is 0. The molecule has 0 aromatic carbocycles. The molecule has 1 atom stereocenters. The quantitative estimate of drug-likeness (QED) is 0.375. The van der Waals surface area contributed by atoms with Crippen LogP contribution in [0.4, 0.5) is 0 Å². The van der Waals surface area contributed by atoms with Gasteiger partial charge in [0, 0.05) is 13.2 Å². The smallest absolute Gasteiger partial charge is 0.176 e. The van der Waals surface area contributed by atoms with Crippen molar-refractivity contribution in [1.29, 1.82) is 5.26 Å². The molecule has 1 unspecified atom stereocenters. The van der Waals surface area contributed by atoms with Gasteiger partial charge in [0.2, 0.25) is 0 Å². The normalized spacial score (nSPS) is 24.1. The first-order valence-electron chi connectivity index (χ1n) is 4.17. The van der Waals surface area contributed by atoms with E-state index in [0.717, 1.165) is 26.0 Å². The molecule has 0 amide bonds. The zero-order chi connectivity index (χ0) is 7.94. The number of nitriles is 1. The summed E-state index contributed by atoms with van der Waals surface area (Å²) in [5, 5.41) is 10.8. The number of rotatable bonds is 3. The van der Waals surface area contributed by atoms with Crippen LogP contribution in [0.15, 0.2) is 0 Å². The second kappa shape index (κ2) is 4.97. The van der Waals surface area contributed by atoms with Crippen LogP contribution in [-0.4, -0.2) is 19.3 Å². The third kappa shape index (κ3) is 3.24. The number of nitrogens with zero attached hydrogens (tertiary/aromatic N) is 1. The van der Waals surface area contributed by atoms with Crippen LogP contribution in [0.5, 0.6) is 0 Å². The fourth-order valence-corrected chi connectivity index (χ4v) is 1.32. The molecule has 0 radical (unpaired) electrons. The van der Waals surface area contributed by atoms with Gasteiger partial charge in [-0.15, -0.1) is 0 Å². The third-order valence-electron chi connectivity index (χ3n) is 1.94. The Hall–Kier alpha value is -0.750. The van der Waals surface area contributed by atoms with E-state index in [0.29, 0.717) is 6.10 Å². The van der Waals surface area contributed by atoms with Crippen LogP contribution in [0.1, 0.15) is 25.7 Å². The maximum absolute atomic E-state index is 8.19. The van der Waals surface area contributed by atoms with E-state index in [4.69, 9.17) is 10.00 Å². The average Bonchev–Trinajstić information content (AvgIpc) is 2.07. The molecule has 62 valence electrons. The second-order valence-corrected chi connectivity index (χ2v) is 2.82. The van der Waals surface area contributed by atoms with Crippen LogP contribution in [0.3, 0.4) is 0 Å². The van der Waals surface area contributed by atoms with Crippen molar-refractivity contribution in [2.45, 2.75) is 31.8 Å². The summed E-state index contributed by atoms with van der Waals surface area (Å²) in [4.78, 5) is 0. The summed E-state index contributed by atoms with van der Waals surface area (Å²) in [7, 11) is 0. The highest BCUT2D eigenvalue weighted by atomic mass is 16.5. The summed E-state index contributed by atoms with van der Waals surface area (Å²) < 4.78 is 5.48. The van der Waals surface area contributed by atoms with E-state index in [1.54, 1.807) is 0 Å². The Kier molecular flexibility index (Phi) is 3.77. The van der Waals surface area contributed by atoms with Gasteiger partial charge in [-0.05, 0) is 25.7 Å². The molecular formula is C8H14N2O. The molecule has 1 heterocycles. The van der Waals surface area contributed by atoms with Crippen molar-refractivity contribution in [1.82, 2.24) is 5.32 Å². The van der Waals surface area contributed by atoms with Gasteiger partial charge < -0.3 is 10.1 Å². The fraction of sp³-hybridized carbons (Fsp3) is 0.875. The molecule has 3 nitrogen and oxygen atoms in total. The lowest BCUT2D eigenvalue weighted by molar-refractivity contribution is 0.0121. The Morgan fingerprint density at radius 1 is 1.55 bits per heavy atom. The molecular weight excluding hydrogens is 140 g/mol. The van der Waals surface area contributed by atoms with Crippen LogP contribution in [0.25, 0.3) is 0 Å². The van der Waals surface area contributed by atoms with Crippen molar-refractivity contribution >= 4 is 0 Å². The van der Waals surface area contributed by atoms with Gasteiger partial charge in [0.05, 0.1) is 6.10 Å². The minimum absolute atomic E-state index is 0.393. The van der Waals surface area contributed by atoms with Crippen molar-refractivity contribution in [3.63, 3.8) is 0 Å². The van der Waals surface area contributed by atoms with Gasteiger partial charge in [-0.2, -0.15) is 5.26 Å². The topological polar surface area (TPSA) is 45.0 Å². The first kappa shape index (κ1) is 8.35. The Bertz CT molecular complexity index is 136. The zero-order valence-electron chi connectivity index (χ0n) is 6.68. The SMILES string of the molecule is N#CNCCC1CCCCO1. The van der Waals surface area contributed by atoms with Crippen molar-refractivity contribution in [3.8, 4) is 6.19 Å². The molecule has 1 saturated heterocycles. The predicted molar refractivity (Wildman–Crippen MR) is 41.8 cm³/mol. The van der Waals surface area contributed by atoms with E-state index in [2.05, 4.69) is 5.32 Å². The molecule has 0 aromatic rings. The Morgan fingerprint density at radius 2 is 2.45 bits per heavy atom. The van der Waals surface area contributed by atoms with Crippen molar-refractivity contribution in [2.24, 2.45) is 0 Å². The molecule has 0 aliphatic carbocycles. The molecule has 1 fully saturated rings. The molecule has 11 heavy (non-hydrogen) atoms. The molecule has 0 saturated carbocycles. The number of ether oxygens (including phenoxy) is 1. The van der Waals surface area contributed by atoms with Crippen LogP contribution in [-0.2, 0) is 4.74 Å². The standard InChI is InChI=1S/C8H14N2O/c9-7-10-5-4-8-3-1-2-6-11-8/h8,10H,1-6H2. The summed E-state index contributed by atoms with van der Waals surface area (Å²) in [6.07, 6.45) is 6.89. The molecule has 1 aliphatic heterocycles. The summed E-state index contributed by atoms with van der Waals surface area (Å²) >= 11 is 0. The molecule has 0 bridgehead atoms. The van der Waals surface area contributed by atoms with E-state index < -0.39 is 0 Å². The molecule has 1 N–H and O–H groups in total. The molecule has 0 aromatic heterocycles. The Morgan fingerprint density at radius 3 is 3.09 bits per heavy atom. The molecule has 0 spiro atoms. The van der Waals surface area contributed by atoms with Crippen molar-refractivity contribution < 1.29 is 4.74 Å². The summed E-state index contributed by atoms with van der Waals surface area (Å²) in [5.74, 6) is 0. The number of nitrogens with one attached hydrogen (secondary N) is 1. The summed E-state index contributed by atoms with van der Waals surface area (Å²) in [6.45, 7) is 1.65. The van der Waals surface area contributed by atoms with E-state index in [9.17, 15) is 0 Å². The predicted octanol–water partition coefficient (Wildman–Crippen LogP) is 1.02. The molecule has 1 rings (SSSR count). The third-order valence-corrected chi connectivity index (χ3v) is 1.94. The maximum atomic E-state index is 8.19.